The summed E-state index contributed by atoms with van der Waals surface area (Å²) in [5, 5.41) is 0. The van der Waals surface area contributed by atoms with Crippen LogP contribution in [-0.4, -0.2) is 522 Å². The van der Waals surface area contributed by atoms with E-state index in [9.17, 15) is 0 Å². The van der Waals surface area contributed by atoms with Crippen molar-refractivity contribution >= 4 is 0 Å². The van der Waals surface area contributed by atoms with E-state index < -0.39 is 0 Å². The second kappa shape index (κ2) is 124. The smallest absolute Gasteiger partial charge is 0.168 e. The van der Waals surface area contributed by atoms with Crippen LogP contribution in [0.5, 0.6) is 5.75 Å². The van der Waals surface area contributed by atoms with Crippen LogP contribution in [0.15, 0.2) is 24.3 Å². The van der Waals surface area contributed by atoms with Gasteiger partial charge in [-0.05, 0) is 31.4 Å². The number of ether oxygens (including phenoxy) is 39. The molecule has 41 nitrogen and oxygen atoms in total. The molecule has 0 saturated heterocycles. The Morgan fingerprint density at radius 1 is 0.133 bits per heavy atom. The van der Waals surface area contributed by atoms with Crippen LogP contribution in [0.3, 0.4) is 0 Å². The fraction of sp³-hybridized carbons (Fsp3) is 0.936. The highest BCUT2D eigenvalue weighted by atomic mass is 17.2. The van der Waals surface area contributed by atoms with E-state index in [1.54, 1.807) is 0 Å². The van der Waals surface area contributed by atoms with E-state index in [4.69, 9.17) is 195 Å². The SMILES string of the molecule is CCCCCCCCc1ccccc1OOCCOCCOCCOCCOCCOCCOCCOCCOCCOCCOCCOCCOCCOCCOCCOCCOCCOCCOCCOCCOCCOCCOCCOCCOCCOCCOCCOCCOCCOCCOCCOCCOCCOCCOCCOCCOCCOCCOCCOCC. The van der Waals surface area contributed by atoms with Crippen molar-refractivity contribution in [1.29, 1.82) is 0 Å². The average Bonchev–Trinajstić information content (AvgIpc) is 0.890. The first-order valence-electron chi connectivity index (χ1n) is 49.3. The van der Waals surface area contributed by atoms with E-state index in [2.05, 4.69) is 13.0 Å². The van der Waals surface area contributed by atoms with E-state index >= 15 is 0 Å². The molecule has 1 aromatic carbocycles. The molecule has 0 N–H and O–H groups in total. The maximum absolute atomic E-state index is 5.58. The molecule has 0 heterocycles. The summed E-state index contributed by atoms with van der Waals surface area (Å²) in [6, 6.07) is 8.05. The molecule has 804 valence electrons. The van der Waals surface area contributed by atoms with E-state index in [0.717, 1.165) is 18.6 Å². The normalized spacial score (nSPS) is 11.8. The quantitative estimate of drug-likeness (QED) is 0.0437. The van der Waals surface area contributed by atoms with Gasteiger partial charge in [-0.25, -0.2) is 0 Å². The number of para-hydroxylation sites is 1. The Morgan fingerprint density at radius 3 is 0.407 bits per heavy atom. The van der Waals surface area contributed by atoms with Crippen molar-refractivity contribution in [1.82, 2.24) is 0 Å². The van der Waals surface area contributed by atoms with Gasteiger partial charge in [0, 0.05) is 6.61 Å². The number of rotatable bonds is 127. The average molecular weight is 1970 g/mol. The third kappa shape index (κ3) is 117. The van der Waals surface area contributed by atoms with E-state index in [-0.39, 0.29) is 0 Å². The first-order valence-corrected chi connectivity index (χ1v) is 49.3. The summed E-state index contributed by atoms with van der Waals surface area (Å²) in [5.74, 6) is 0.779. The molecule has 0 saturated carbocycles. The van der Waals surface area contributed by atoms with Crippen molar-refractivity contribution in [2.75, 3.05) is 522 Å². The molecule has 135 heavy (non-hydrogen) atoms. The van der Waals surface area contributed by atoms with E-state index in [0.29, 0.717) is 522 Å². The van der Waals surface area contributed by atoms with Gasteiger partial charge in [0.15, 0.2) is 5.75 Å². The Bertz CT molecular complexity index is 2160. The molecule has 0 aliphatic heterocycles. The zero-order valence-corrected chi connectivity index (χ0v) is 82.9. The van der Waals surface area contributed by atoms with Crippen LogP contribution >= 0.6 is 0 Å². The molecule has 0 unspecified atom stereocenters. The van der Waals surface area contributed by atoms with Gasteiger partial charge in [-0.2, -0.15) is 4.89 Å². The van der Waals surface area contributed by atoms with Crippen LogP contribution < -0.4 is 4.89 Å². The van der Waals surface area contributed by atoms with E-state index in [1.807, 2.05) is 25.1 Å². The third-order valence-corrected chi connectivity index (χ3v) is 17.6. The maximum Gasteiger partial charge on any atom is 0.168 e. The summed E-state index contributed by atoms with van der Waals surface area (Å²) in [6.45, 7) is 42.6. The lowest BCUT2D eigenvalue weighted by Crippen LogP contribution is -2.16. The first-order chi connectivity index (χ1) is 67.4. The standard InChI is InChI=1S/C94H182O41/c1-3-5-6-7-8-9-12-93-13-10-11-14-94(93)135-134-92-91-133-90-89-132-88-87-131-86-85-130-84-83-129-82-81-128-80-79-127-78-77-126-76-75-125-74-73-124-72-71-123-70-69-122-68-67-121-66-65-120-64-63-119-62-61-118-60-59-117-58-57-116-56-55-115-54-53-114-52-51-113-50-49-112-48-47-111-46-45-110-44-43-109-42-41-108-40-39-107-38-37-106-36-35-105-34-33-104-32-31-103-30-29-102-28-27-101-26-25-100-24-23-99-22-21-98-20-19-97-18-17-96-16-15-95-4-2/h10-11,13-14H,3-9,12,15-92H2,1-2H3. The number of hydrogen-bond acceptors (Lipinski definition) is 41. The van der Waals surface area contributed by atoms with Crippen LogP contribution in [0.25, 0.3) is 0 Å². The molecule has 0 amide bonds. The highest BCUT2D eigenvalue weighted by molar-refractivity contribution is 5.32. The molecule has 0 radical (unpaired) electrons. The minimum absolute atomic E-state index is 0.340. The highest BCUT2D eigenvalue weighted by Crippen LogP contribution is 2.21. The fourth-order valence-electron chi connectivity index (χ4n) is 10.6. The summed E-state index contributed by atoms with van der Waals surface area (Å²) in [4.78, 5) is 11.0. The van der Waals surface area contributed by atoms with Gasteiger partial charge in [-0.15, -0.1) is 0 Å². The second-order valence-corrected chi connectivity index (χ2v) is 28.5. The minimum Gasteiger partial charge on any atom is -0.379 e. The molecule has 0 spiro atoms. The number of benzene rings is 1. The van der Waals surface area contributed by atoms with Crippen LogP contribution in [0.1, 0.15) is 57.9 Å². The van der Waals surface area contributed by atoms with Crippen LogP contribution in [0, 0.1) is 0 Å². The summed E-state index contributed by atoms with van der Waals surface area (Å²) in [5.41, 5.74) is 1.18. The molecule has 0 aromatic heterocycles. The fourth-order valence-corrected chi connectivity index (χ4v) is 10.6. The Labute approximate surface area is 807 Å². The molecule has 0 bridgehead atoms. The third-order valence-electron chi connectivity index (χ3n) is 17.6. The molecule has 0 aliphatic rings. The topological polar surface area (TPSA) is 378 Å². The Hall–Kier alpha value is -2.58. The van der Waals surface area contributed by atoms with Gasteiger partial charge in [0.25, 0.3) is 0 Å². The van der Waals surface area contributed by atoms with Gasteiger partial charge in [0.05, 0.1) is 509 Å². The maximum atomic E-state index is 5.58. The van der Waals surface area contributed by atoms with Crippen molar-refractivity contribution in [3.8, 4) is 5.75 Å². The molecule has 0 aliphatic carbocycles. The lowest BCUT2D eigenvalue weighted by atomic mass is 10.0. The molecule has 0 atom stereocenters. The van der Waals surface area contributed by atoms with Gasteiger partial charge < -0.3 is 190 Å². The molecular weight excluding hydrogens is 1780 g/mol. The second-order valence-electron chi connectivity index (χ2n) is 28.5. The van der Waals surface area contributed by atoms with Crippen LogP contribution in [0.2, 0.25) is 0 Å². The molecular formula is C94H182O41. The molecule has 1 rings (SSSR count). The molecule has 0 fully saturated rings. The summed E-state index contributed by atoms with van der Waals surface area (Å²) >= 11 is 0. The molecule has 1 aromatic rings. The lowest BCUT2D eigenvalue weighted by Gasteiger charge is -2.10. The predicted molar refractivity (Wildman–Crippen MR) is 498 cm³/mol. The van der Waals surface area contributed by atoms with Gasteiger partial charge in [-0.1, -0.05) is 57.2 Å². The summed E-state index contributed by atoms with van der Waals surface area (Å²) in [6.07, 6.45) is 8.58. The first kappa shape index (κ1) is 130. The van der Waals surface area contributed by atoms with Crippen LogP contribution in [-0.2, 0) is 196 Å². The van der Waals surface area contributed by atoms with Crippen molar-refractivity contribution < 1.29 is 195 Å². The van der Waals surface area contributed by atoms with Crippen molar-refractivity contribution in [2.45, 2.75) is 58.8 Å². The zero-order chi connectivity index (χ0) is 95.8. The predicted octanol–water partition coefficient (Wildman–Crippen LogP) is 5.57. The monoisotopic (exact) mass is 1970 g/mol. The van der Waals surface area contributed by atoms with Gasteiger partial charge in [-0.3, -0.25) is 0 Å². The van der Waals surface area contributed by atoms with Gasteiger partial charge in [0.2, 0.25) is 0 Å². The largest absolute Gasteiger partial charge is 0.379 e. The van der Waals surface area contributed by atoms with Gasteiger partial charge >= 0.3 is 0 Å². The number of hydrogen-bond donors (Lipinski definition) is 0. The van der Waals surface area contributed by atoms with Gasteiger partial charge in [0.1, 0.15) is 6.61 Å². The summed E-state index contributed by atoms with van der Waals surface area (Å²) in [7, 11) is 0. The van der Waals surface area contributed by atoms with E-state index in [1.165, 1.54) is 37.7 Å². The molecule has 41 heteroatoms. The Morgan fingerprint density at radius 2 is 0.259 bits per heavy atom. The Kier molecular flexibility index (Phi) is 120. The van der Waals surface area contributed by atoms with Crippen molar-refractivity contribution in [3.05, 3.63) is 29.8 Å². The van der Waals surface area contributed by atoms with Crippen molar-refractivity contribution in [3.63, 3.8) is 0 Å². The number of aryl methyl sites for hydroxylation is 1. The highest BCUT2D eigenvalue weighted by Gasteiger charge is 2.08. The minimum atomic E-state index is 0.340. The number of unbranched alkanes of at least 4 members (excludes halogenated alkanes) is 5. The lowest BCUT2D eigenvalue weighted by molar-refractivity contribution is -0.216. The Balaban J connectivity index is 1.59. The zero-order valence-electron chi connectivity index (χ0n) is 82.9. The summed E-state index contributed by atoms with van der Waals surface area (Å²) < 4.78 is 216. The van der Waals surface area contributed by atoms with Crippen molar-refractivity contribution in [2.24, 2.45) is 0 Å². The van der Waals surface area contributed by atoms with Crippen LogP contribution in [0.4, 0.5) is 0 Å².